The third kappa shape index (κ3) is 4.18. The quantitative estimate of drug-likeness (QED) is 0.304. The number of allylic oxidation sites excluding steroid dienone is 1. The second-order valence-electron chi connectivity index (χ2n) is 8.71. The lowest BCUT2D eigenvalue weighted by Gasteiger charge is -2.43. The number of aliphatic carboxylic acids is 1. The Hall–Kier alpha value is -3.32. The molecule has 0 bridgehead atoms. The third-order valence-electron chi connectivity index (χ3n) is 6.62. The minimum Gasteiger partial charge on any atom is -0.477 e. The van der Waals surface area contributed by atoms with Crippen LogP contribution in [0.25, 0.3) is 0 Å². The molecule has 12 nitrogen and oxygen atoms in total. The van der Waals surface area contributed by atoms with Crippen molar-refractivity contribution in [1.82, 2.24) is 15.1 Å². The molecule has 0 radical (unpaired) electrons. The zero-order chi connectivity index (χ0) is 24.9. The number of nitrogens with zero attached hydrogens (tertiary/aromatic N) is 2. The fourth-order valence-corrected chi connectivity index (χ4v) is 5.98. The molecule has 3 atom stereocenters. The Labute approximate surface area is 202 Å². The summed E-state index contributed by atoms with van der Waals surface area (Å²) in [5.74, 6) is -3.97. The number of β-lactam (4-membered cyclic amide) rings is 1. The molecular formula is C22H23N3O9S. The van der Waals surface area contributed by atoms with Gasteiger partial charge in [0.05, 0.1) is 11.8 Å². The largest absolute Gasteiger partial charge is 0.519 e. The van der Waals surface area contributed by atoms with Gasteiger partial charge in [0.15, 0.2) is 18.1 Å². The summed E-state index contributed by atoms with van der Waals surface area (Å²) in [7, 11) is 0. The SMILES string of the molecule is Cc1oc(=O)oc1COC(=O)C1CN([C@@H]2CCNC2)C(=O)/C1=C/C1=C(C(=O)O)N2C(=O)CC2SC1. The highest BCUT2D eigenvalue weighted by Crippen LogP contribution is 2.41. The number of esters is 1. The molecule has 35 heavy (non-hydrogen) atoms. The van der Waals surface area contributed by atoms with Crippen molar-refractivity contribution in [3.8, 4) is 0 Å². The molecule has 3 saturated heterocycles. The van der Waals surface area contributed by atoms with Gasteiger partial charge in [0.25, 0.3) is 5.91 Å². The number of fused-ring (bicyclic) bond motifs is 1. The van der Waals surface area contributed by atoms with Gasteiger partial charge in [-0.1, -0.05) is 0 Å². The summed E-state index contributed by atoms with van der Waals surface area (Å²) in [5.41, 5.74) is 0.262. The number of hydrogen-bond acceptors (Lipinski definition) is 10. The van der Waals surface area contributed by atoms with Gasteiger partial charge in [-0.15, -0.1) is 11.8 Å². The lowest BCUT2D eigenvalue weighted by molar-refractivity contribution is -0.149. The molecule has 4 aliphatic rings. The molecule has 2 amide bonds. The van der Waals surface area contributed by atoms with Crippen molar-refractivity contribution >= 4 is 35.5 Å². The number of carboxylic acids is 1. The first-order valence-corrected chi connectivity index (χ1v) is 12.2. The molecule has 4 aliphatic heterocycles. The van der Waals surface area contributed by atoms with E-state index in [-0.39, 0.29) is 65.6 Å². The molecule has 1 aromatic rings. The first-order chi connectivity index (χ1) is 16.7. The summed E-state index contributed by atoms with van der Waals surface area (Å²) in [5, 5.41) is 12.8. The maximum Gasteiger partial charge on any atom is 0.519 e. The first kappa shape index (κ1) is 23.4. The Morgan fingerprint density at radius 3 is 2.71 bits per heavy atom. The molecule has 1 aromatic heterocycles. The van der Waals surface area contributed by atoms with E-state index in [0.29, 0.717) is 17.9 Å². The minimum atomic E-state index is -1.26. The third-order valence-corrected chi connectivity index (χ3v) is 7.86. The summed E-state index contributed by atoms with van der Waals surface area (Å²) in [6.45, 7) is 2.56. The highest BCUT2D eigenvalue weighted by atomic mass is 32.2. The number of rotatable bonds is 6. The van der Waals surface area contributed by atoms with Gasteiger partial charge in [0.1, 0.15) is 11.6 Å². The number of hydrogen-bond donors (Lipinski definition) is 2. The lowest BCUT2D eigenvalue weighted by Crippen LogP contribution is -2.53. The molecule has 186 valence electrons. The fourth-order valence-electron chi connectivity index (χ4n) is 4.76. The molecule has 2 N–H and O–H groups in total. The number of amides is 2. The van der Waals surface area contributed by atoms with Gasteiger partial charge in [-0.05, 0) is 31.5 Å². The summed E-state index contributed by atoms with van der Waals surface area (Å²) in [6, 6.07) is -0.104. The Kier molecular flexibility index (Phi) is 6.05. The van der Waals surface area contributed by atoms with Crippen LogP contribution in [0.15, 0.2) is 36.5 Å². The van der Waals surface area contributed by atoms with Crippen molar-refractivity contribution in [2.45, 2.75) is 37.8 Å². The number of likely N-dealkylation sites (tertiary alicyclic amines) is 1. The van der Waals surface area contributed by atoms with Crippen LogP contribution < -0.4 is 11.1 Å². The molecule has 13 heteroatoms. The minimum absolute atomic E-state index is 0.0666. The average molecular weight is 506 g/mol. The Balaban J connectivity index is 1.46. The zero-order valence-electron chi connectivity index (χ0n) is 18.8. The number of carbonyl (C=O) groups excluding carboxylic acids is 3. The monoisotopic (exact) mass is 505 g/mol. The highest BCUT2D eigenvalue weighted by molar-refractivity contribution is 8.00. The molecule has 5 heterocycles. The van der Waals surface area contributed by atoms with Crippen molar-refractivity contribution in [3.63, 3.8) is 0 Å². The van der Waals surface area contributed by atoms with Crippen molar-refractivity contribution in [1.29, 1.82) is 0 Å². The van der Waals surface area contributed by atoms with E-state index in [4.69, 9.17) is 13.6 Å². The van der Waals surface area contributed by atoms with Crippen LogP contribution in [0.2, 0.25) is 0 Å². The van der Waals surface area contributed by atoms with Crippen molar-refractivity contribution < 1.29 is 37.9 Å². The number of aryl methyl sites for hydroxylation is 1. The number of carbonyl (C=O) groups is 4. The lowest BCUT2D eigenvalue weighted by atomic mass is 9.98. The van der Waals surface area contributed by atoms with Crippen molar-refractivity contribution in [2.75, 3.05) is 25.4 Å². The first-order valence-electron chi connectivity index (χ1n) is 11.1. The second kappa shape index (κ2) is 9.04. The number of nitrogens with one attached hydrogen (secondary N) is 1. The summed E-state index contributed by atoms with van der Waals surface area (Å²) < 4.78 is 15.0. The molecule has 0 aromatic carbocycles. The summed E-state index contributed by atoms with van der Waals surface area (Å²) in [6.07, 6.45) is 2.42. The molecule has 2 unspecified atom stereocenters. The van der Waals surface area contributed by atoms with Crippen LogP contribution in [0.1, 0.15) is 24.4 Å². The van der Waals surface area contributed by atoms with Crippen LogP contribution in [0, 0.1) is 12.8 Å². The van der Waals surface area contributed by atoms with Crippen molar-refractivity contribution in [2.24, 2.45) is 5.92 Å². The van der Waals surface area contributed by atoms with Gasteiger partial charge in [0.2, 0.25) is 5.91 Å². The second-order valence-corrected chi connectivity index (χ2v) is 9.88. The van der Waals surface area contributed by atoms with Crippen LogP contribution in [0.3, 0.4) is 0 Å². The summed E-state index contributed by atoms with van der Waals surface area (Å²) >= 11 is 1.41. The molecule has 0 aliphatic carbocycles. The van der Waals surface area contributed by atoms with Crippen molar-refractivity contribution in [3.05, 3.63) is 45.1 Å². The number of thioether (sulfide) groups is 1. The topological polar surface area (TPSA) is 160 Å². The molecule has 0 saturated carbocycles. The van der Waals surface area contributed by atoms with Gasteiger partial charge >= 0.3 is 17.8 Å². The maximum absolute atomic E-state index is 13.4. The Morgan fingerprint density at radius 1 is 1.29 bits per heavy atom. The van der Waals surface area contributed by atoms with Gasteiger partial charge < -0.3 is 28.9 Å². The smallest absolute Gasteiger partial charge is 0.477 e. The van der Waals surface area contributed by atoms with Crippen LogP contribution in [0.4, 0.5) is 0 Å². The molecule has 3 fully saturated rings. The van der Waals surface area contributed by atoms with Gasteiger partial charge in [-0.3, -0.25) is 19.3 Å². The average Bonchev–Trinajstić information content (AvgIpc) is 3.52. The van der Waals surface area contributed by atoms with E-state index in [1.54, 1.807) is 4.90 Å². The molecule has 5 rings (SSSR count). The van der Waals surface area contributed by atoms with Crippen LogP contribution in [-0.4, -0.2) is 75.5 Å². The number of ether oxygens (including phenoxy) is 1. The molecular weight excluding hydrogens is 482 g/mol. The van der Waals surface area contributed by atoms with Crippen LogP contribution >= 0.6 is 11.8 Å². The normalized spacial score (nSPS) is 27.5. The highest BCUT2D eigenvalue weighted by Gasteiger charge is 2.47. The van der Waals surface area contributed by atoms with Crippen LogP contribution in [0.5, 0.6) is 0 Å². The Bertz CT molecular complexity index is 1220. The standard InChI is InChI=1S/C22H23N3O9S/c1-10-15(34-22(31)33-10)8-32-21(30)14-7-24(12-2-3-23-6-12)19(27)13(14)4-11-9-35-17-5-16(26)25(17)18(11)20(28)29/h4,12,14,17,23H,2-3,5-9H2,1H3,(H,28,29)/b13-4+/t12-,14?,17?/m1/s1. The number of carboxylic acid groups (broad SMARTS) is 1. The van der Waals surface area contributed by atoms with Gasteiger partial charge in [-0.25, -0.2) is 9.59 Å². The zero-order valence-corrected chi connectivity index (χ0v) is 19.6. The van der Waals surface area contributed by atoms with E-state index in [1.807, 2.05) is 0 Å². The molecule has 0 spiro atoms. The Morgan fingerprint density at radius 2 is 2.09 bits per heavy atom. The summed E-state index contributed by atoms with van der Waals surface area (Å²) in [4.78, 5) is 64.7. The van der Waals surface area contributed by atoms with Gasteiger partial charge in [0, 0.05) is 30.5 Å². The van der Waals surface area contributed by atoms with Gasteiger partial charge in [-0.2, -0.15) is 0 Å². The van der Waals surface area contributed by atoms with E-state index in [1.165, 1.54) is 29.7 Å². The van der Waals surface area contributed by atoms with E-state index in [9.17, 15) is 29.1 Å². The van der Waals surface area contributed by atoms with E-state index in [0.717, 1.165) is 13.0 Å². The van der Waals surface area contributed by atoms with E-state index < -0.39 is 23.7 Å². The van der Waals surface area contributed by atoms with E-state index in [2.05, 4.69) is 5.32 Å². The fraction of sp³-hybridized carbons (Fsp3) is 0.500. The predicted molar refractivity (Wildman–Crippen MR) is 119 cm³/mol. The van der Waals surface area contributed by atoms with Crippen LogP contribution in [-0.2, 0) is 30.5 Å². The van der Waals surface area contributed by atoms with E-state index >= 15 is 0 Å². The predicted octanol–water partition coefficient (Wildman–Crippen LogP) is -0.0250. The maximum atomic E-state index is 13.4.